The SMILES string of the molecule is C=C(N)C1CCN(c2nc(-c3cccc(C(F)(F)F)c3)cs2)CC1. The van der Waals surface area contributed by atoms with Crippen LogP contribution in [0.5, 0.6) is 0 Å². The maximum atomic E-state index is 12.8. The topological polar surface area (TPSA) is 42.1 Å². The van der Waals surface area contributed by atoms with E-state index in [2.05, 4.69) is 16.5 Å². The maximum Gasteiger partial charge on any atom is 0.416 e. The van der Waals surface area contributed by atoms with Crippen LogP contribution in [0, 0.1) is 5.92 Å². The van der Waals surface area contributed by atoms with Crippen LogP contribution in [-0.4, -0.2) is 18.1 Å². The highest BCUT2D eigenvalue weighted by Gasteiger charge is 2.30. The molecular formula is C17H18F3N3S. The molecule has 2 N–H and O–H groups in total. The number of anilines is 1. The molecule has 0 spiro atoms. The Kier molecular flexibility index (Phi) is 4.54. The molecule has 0 atom stereocenters. The zero-order valence-electron chi connectivity index (χ0n) is 13.0. The molecule has 0 radical (unpaired) electrons. The summed E-state index contributed by atoms with van der Waals surface area (Å²) in [5, 5.41) is 2.64. The van der Waals surface area contributed by atoms with Gasteiger partial charge in [-0.3, -0.25) is 0 Å². The number of benzene rings is 1. The van der Waals surface area contributed by atoms with Gasteiger partial charge < -0.3 is 10.6 Å². The van der Waals surface area contributed by atoms with E-state index < -0.39 is 11.7 Å². The van der Waals surface area contributed by atoms with Crippen molar-refractivity contribution < 1.29 is 13.2 Å². The van der Waals surface area contributed by atoms with Gasteiger partial charge in [0.05, 0.1) is 11.3 Å². The molecular weight excluding hydrogens is 335 g/mol. The van der Waals surface area contributed by atoms with Gasteiger partial charge >= 0.3 is 6.18 Å². The second-order valence-electron chi connectivity index (χ2n) is 5.93. The Morgan fingerprint density at radius 3 is 2.62 bits per heavy atom. The van der Waals surface area contributed by atoms with Gasteiger partial charge in [0, 0.05) is 35.6 Å². The van der Waals surface area contributed by atoms with Crippen LogP contribution in [0.1, 0.15) is 18.4 Å². The van der Waals surface area contributed by atoms with Crippen LogP contribution in [0.4, 0.5) is 18.3 Å². The molecule has 2 heterocycles. The smallest absolute Gasteiger partial charge is 0.402 e. The molecule has 128 valence electrons. The lowest BCUT2D eigenvalue weighted by Crippen LogP contribution is -2.35. The number of alkyl halides is 3. The van der Waals surface area contributed by atoms with Gasteiger partial charge in [-0.2, -0.15) is 13.2 Å². The number of halogens is 3. The van der Waals surface area contributed by atoms with E-state index in [-0.39, 0.29) is 0 Å². The standard InChI is InChI=1S/C17H18F3N3S/c1-11(21)12-5-7-23(8-6-12)16-22-15(10-24-16)13-3-2-4-14(9-13)17(18,19)20/h2-4,9-10,12H,1,5-8,21H2. The average Bonchev–Trinajstić information content (AvgIpc) is 3.04. The van der Waals surface area contributed by atoms with E-state index in [0.29, 0.717) is 17.2 Å². The first-order valence-corrected chi connectivity index (χ1v) is 8.55. The fraction of sp³-hybridized carbons (Fsp3) is 0.353. The maximum absolute atomic E-state index is 12.8. The van der Waals surface area contributed by atoms with Crippen LogP contribution in [0.2, 0.25) is 0 Å². The zero-order valence-corrected chi connectivity index (χ0v) is 13.8. The molecule has 0 saturated carbocycles. The number of piperidine rings is 1. The highest BCUT2D eigenvalue weighted by molar-refractivity contribution is 7.14. The minimum absolute atomic E-state index is 0.337. The van der Waals surface area contributed by atoms with E-state index in [1.165, 1.54) is 17.4 Å². The molecule has 1 aliphatic heterocycles. The Labute approximate surface area is 142 Å². The van der Waals surface area contributed by atoms with Crippen LogP contribution >= 0.6 is 11.3 Å². The third-order valence-corrected chi connectivity index (χ3v) is 5.17. The third-order valence-electron chi connectivity index (χ3n) is 4.27. The molecule has 1 aromatic carbocycles. The highest BCUT2D eigenvalue weighted by atomic mass is 32.1. The molecule has 3 rings (SSSR count). The van der Waals surface area contributed by atoms with Crippen molar-refractivity contribution >= 4 is 16.5 Å². The lowest BCUT2D eigenvalue weighted by atomic mass is 9.95. The Morgan fingerprint density at radius 2 is 2.00 bits per heavy atom. The number of nitrogens with two attached hydrogens (primary N) is 1. The number of hydrogen-bond acceptors (Lipinski definition) is 4. The van der Waals surface area contributed by atoms with Crippen molar-refractivity contribution in [2.75, 3.05) is 18.0 Å². The molecule has 1 aromatic heterocycles. The lowest BCUT2D eigenvalue weighted by Gasteiger charge is -2.31. The molecule has 3 nitrogen and oxygen atoms in total. The summed E-state index contributed by atoms with van der Waals surface area (Å²) in [6.45, 7) is 5.46. The van der Waals surface area contributed by atoms with Gasteiger partial charge in [0.1, 0.15) is 0 Å². The fourth-order valence-electron chi connectivity index (χ4n) is 2.84. The third kappa shape index (κ3) is 3.56. The normalized spacial score (nSPS) is 16.4. The predicted molar refractivity (Wildman–Crippen MR) is 90.8 cm³/mol. The Bertz CT molecular complexity index is 731. The van der Waals surface area contributed by atoms with E-state index in [1.807, 2.05) is 0 Å². The summed E-state index contributed by atoms with van der Waals surface area (Å²) in [5.41, 5.74) is 6.89. The predicted octanol–water partition coefficient (Wildman–Crippen LogP) is 4.52. The molecule has 24 heavy (non-hydrogen) atoms. The van der Waals surface area contributed by atoms with Gasteiger partial charge in [0.2, 0.25) is 0 Å². The van der Waals surface area contributed by atoms with E-state index >= 15 is 0 Å². The summed E-state index contributed by atoms with van der Waals surface area (Å²) in [6, 6.07) is 5.28. The van der Waals surface area contributed by atoms with Crippen LogP contribution in [0.3, 0.4) is 0 Å². The summed E-state index contributed by atoms with van der Waals surface area (Å²) >= 11 is 1.45. The summed E-state index contributed by atoms with van der Waals surface area (Å²) in [5.74, 6) is 0.337. The van der Waals surface area contributed by atoms with Crippen molar-refractivity contribution in [2.45, 2.75) is 19.0 Å². The molecule has 0 unspecified atom stereocenters. The zero-order chi connectivity index (χ0) is 17.3. The first-order valence-electron chi connectivity index (χ1n) is 7.67. The molecule has 2 aromatic rings. The van der Waals surface area contributed by atoms with Crippen LogP contribution in [-0.2, 0) is 6.18 Å². The quantitative estimate of drug-likeness (QED) is 0.882. The Hall–Kier alpha value is -2.02. The van der Waals surface area contributed by atoms with Crippen molar-refractivity contribution in [3.63, 3.8) is 0 Å². The number of rotatable bonds is 3. The Balaban J connectivity index is 1.76. The van der Waals surface area contributed by atoms with Gasteiger partial charge in [0.25, 0.3) is 0 Å². The molecule has 0 amide bonds. The van der Waals surface area contributed by atoms with Gasteiger partial charge in [0.15, 0.2) is 5.13 Å². The number of thiazole rings is 1. The molecule has 0 aliphatic carbocycles. The minimum Gasteiger partial charge on any atom is -0.402 e. The Morgan fingerprint density at radius 1 is 1.29 bits per heavy atom. The first kappa shape index (κ1) is 16.8. The van der Waals surface area contributed by atoms with Gasteiger partial charge in [-0.05, 0) is 25.0 Å². The fourth-order valence-corrected chi connectivity index (χ4v) is 3.73. The van der Waals surface area contributed by atoms with Crippen molar-refractivity contribution in [3.05, 3.63) is 47.5 Å². The van der Waals surface area contributed by atoms with E-state index in [4.69, 9.17) is 5.73 Å². The van der Waals surface area contributed by atoms with Crippen molar-refractivity contribution in [1.29, 1.82) is 0 Å². The number of aromatic nitrogens is 1. The van der Waals surface area contributed by atoms with Crippen molar-refractivity contribution in [2.24, 2.45) is 11.7 Å². The number of hydrogen-bond donors (Lipinski definition) is 1. The van der Waals surface area contributed by atoms with E-state index in [9.17, 15) is 13.2 Å². The summed E-state index contributed by atoms with van der Waals surface area (Å²) in [6.07, 6.45) is -2.50. The molecule has 7 heteroatoms. The number of allylic oxidation sites excluding steroid dienone is 1. The van der Waals surface area contributed by atoms with Gasteiger partial charge in [-0.1, -0.05) is 18.7 Å². The van der Waals surface area contributed by atoms with Crippen LogP contribution < -0.4 is 10.6 Å². The monoisotopic (exact) mass is 353 g/mol. The van der Waals surface area contributed by atoms with E-state index in [0.717, 1.165) is 48.9 Å². The first-order chi connectivity index (χ1) is 11.3. The summed E-state index contributed by atoms with van der Waals surface area (Å²) < 4.78 is 38.5. The minimum atomic E-state index is -4.35. The van der Waals surface area contributed by atoms with E-state index in [1.54, 1.807) is 11.4 Å². The average molecular weight is 353 g/mol. The molecule has 1 fully saturated rings. The second kappa shape index (κ2) is 6.47. The number of nitrogens with zero attached hydrogens (tertiary/aromatic N) is 2. The van der Waals surface area contributed by atoms with Crippen molar-refractivity contribution in [3.8, 4) is 11.3 Å². The lowest BCUT2D eigenvalue weighted by molar-refractivity contribution is -0.137. The van der Waals surface area contributed by atoms with Crippen molar-refractivity contribution in [1.82, 2.24) is 4.98 Å². The highest BCUT2D eigenvalue weighted by Crippen LogP contribution is 2.34. The molecule has 0 bridgehead atoms. The molecule has 1 aliphatic rings. The largest absolute Gasteiger partial charge is 0.416 e. The summed E-state index contributed by atoms with van der Waals surface area (Å²) in [7, 11) is 0. The molecule has 1 saturated heterocycles. The van der Waals surface area contributed by atoms with Gasteiger partial charge in [-0.25, -0.2) is 4.98 Å². The second-order valence-corrected chi connectivity index (χ2v) is 6.77. The van der Waals surface area contributed by atoms with Gasteiger partial charge in [-0.15, -0.1) is 11.3 Å². The summed E-state index contributed by atoms with van der Waals surface area (Å²) in [4.78, 5) is 6.67. The van der Waals surface area contributed by atoms with Crippen LogP contribution in [0.25, 0.3) is 11.3 Å². The van der Waals surface area contributed by atoms with Crippen LogP contribution in [0.15, 0.2) is 41.9 Å².